The van der Waals surface area contributed by atoms with Gasteiger partial charge in [-0.05, 0) is 19.8 Å². The molecule has 1 aliphatic carbocycles. The lowest BCUT2D eigenvalue weighted by molar-refractivity contribution is 0.0690. The van der Waals surface area contributed by atoms with Crippen molar-refractivity contribution in [2.45, 2.75) is 36.8 Å². The van der Waals surface area contributed by atoms with E-state index in [1.165, 1.54) is 18.9 Å². The topological polar surface area (TPSA) is 92.5 Å². The van der Waals surface area contributed by atoms with Crippen LogP contribution < -0.4 is 0 Å². The molecule has 110 valence electrons. The summed E-state index contributed by atoms with van der Waals surface area (Å²) in [6.07, 6.45) is 1.47. The molecule has 1 fully saturated rings. The summed E-state index contributed by atoms with van der Waals surface area (Å²) >= 11 is 1.23. The van der Waals surface area contributed by atoms with Gasteiger partial charge in [-0.15, -0.1) is 11.8 Å². The van der Waals surface area contributed by atoms with Crippen LogP contribution in [0.4, 0.5) is 0 Å². The fourth-order valence-electron chi connectivity index (χ4n) is 1.86. The number of carboxylic acid groups (broad SMARTS) is 1. The number of ether oxygens (including phenoxy) is 1. The Balaban J connectivity index is 2.21. The highest BCUT2D eigenvalue weighted by Gasteiger charge is 2.29. The smallest absolute Gasteiger partial charge is 0.340 e. The molecule has 0 amide bonds. The molecule has 1 heterocycles. The van der Waals surface area contributed by atoms with Crippen molar-refractivity contribution in [3.63, 3.8) is 0 Å². The van der Waals surface area contributed by atoms with E-state index in [-0.39, 0.29) is 12.2 Å². The molecule has 1 aromatic heterocycles. The van der Waals surface area contributed by atoms with E-state index in [0.29, 0.717) is 22.4 Å². The Hall–Kier alpha value is -1.18. The van der Waals surface area contributed by atoms with Crippen molar-refractivity contribution in [1.82, 2.24) is 9.97 Å². The number of aryl methyl sites for hydroxylation is 1. The van der Waals surface area contributed by atoms with Crippen LogP contribution in [-0.4, -0.2) is 51.7 Å². The van der Waals surface area contributed by atoms with E-state index >= 15 is 0 Å². The van der Waals surface area contributed by atoms with Gasteiger partial charge >= 0.3 is 5.97 Å². The average Bonchev–Trinajstić information content (AvgIpc) is 3.19. The van der Waals surface area contributed by atoms with Crippen molar-refractivity contribution in [3.05, 3.63) is 17.1 Å². The number of methoxy groups -OCH3 is 1. The summed E-state index contributed by atoms with van der Waals surface area (Å²) in [5.74, 6) is 0.388. The Morgan fingerprint density at radius 3 is 2.75 bits per heavy atom. The maximum atomic E-state index is 11.3. The lowest BCUT2D eigenvalue weighted by atomic mass is 10.2. The van der Waals surface area contributed by atoms with Crippen LogP contribution in [0.2, 0.25) is 0 Å². The van der Waals surface area contributed by atoms with Gasteiger partial charge in [-0.2, -0.15) is 0 Å². The van der Waals surface area contributed by atoms with Crippen LogP contribution >= 0.6 is 11.8 Å². The Labute approximate surface area is 121 Å². The second-order valence-corrected chi connectivity index (χ2v) is 5.86. The predicted molar refractivity (Wildman–Crippen MR) is 74.3 cm³/mol. The van der Waals surface area contributed by atoms with Crippen LogP contribution in [0, 0.1) is 6.92 Å². The number of hydrogen-bond donors (Lipinski definition) is 2. The summed E-state index contributed by atoms with van der Waals surface area (Å²) in [6.45, 7) is 1.90. The average molecular weight is 298 g/mol. The zero-order valence-electron chi connectivity index (χ0n) is 11.5. The number of aliphatic hydroxyl groups is 1. The van der Waals surface area contributed by atoms with Crippen LogP contribution in [0.1, 0.15) is 40.6 Å². The molecule has 0 saturated heterocycles. The van der Waals surface area contributed by atoms with E-state index in [9.17, 15) is 15.0 Å². The van der Waals surface area contributed by atoms with Gasteiger partial charge in [-0.1, -0.05) is 0 Å². The third-order valence-corrected chi connectivity index (χ3v) is 4.12. The largest absolute Gasteiger partial charge is 0.478 e. The van der Waals surface area contributed by atoms with Gasteiger partial charge in [-0.25, -0.2) is 14.8 Å². The monoisotopic (exact) mass is 298 g/mol. The number of rotatable bonds is 7. The van der Waals surface area contributed by atoms with Crippen LogP contribution in [0.3, 0.4) is 0 Å². The summed E-state index contributed by atoms with van der Waals surface area (Å²) in [4.78, 5) is 20.0. The summed E-state index contributed by atoms with van der Waals surface area (Å²) < 4.78 is 4.85. The number of carboxylic acids is 1. The van der Waals surface area contributed by atoms with Crippen molar-refractivity contribution in [2.75, 3.05) is 19.5 Å². The summed E-state index contributed by atoms with van der Waals surface area (Å²) in [5.41, 5.74) is 0.613. The minimum Gasteiger partial charge on any atom is -0.478 e. The Bertz CT molecular complexity index is 505. The number of aromatic nitrogens is 2. The molecule has 1 aromatic rings. The van der Waals surface area contributed by atoms with Gasteiger partial charge in [0.25, 0.3) is 0 Å². The van der Waals surface area contributed by atoms with Crippen LogP contribution in [0.15, 0.2) is 5.03 Å². The molecule has 1 aliphatic rings. The first kappa shape index (κ1) is 15.2. The zero-order valence-corrected chi connectivity index (χ0v) is 12.3. The molecule has 1 saturated carbocycles. The SMILES string of the molecule is COCC(O)CSc1nc(C2CC2)nc(C)c1C(=O)O. The molecular formula is C13H18N2O4S. The second kappa shape index (κ2) is 6.51. The molecule has 6 nitrogen and oxygen atoms in total. The van der Waals surface area contributed by atoms with Crippen molar-refractivity contribution in [3.8, 4) is 0 Å². The van der Waals surface area contributed by atoms with Crippen molar-refractivity contribution < 1.29 is 19.7 Å². The van der Waals surface area contributed by atoms with E-state index in [0.717, 1.165) is 18.7 Å². The fourth-order valence-corrected chi connectivity index (χ4v) is 2.84. The standard InChI is InChI=1S/C13H18N2O4S/c1-7-10(13(17)18)12(20-6-9(16)5-19-2)15-11(14-7)8-3-4-8/h8-9,16H,3-6H2,1-2H3,(H,17,18). The minimum absolute atomic E-state index is 0.129. The predicted octanol–water partition coefficient (Wildman–Crippen LogP) is 1.46. The number of thioether (sulfide) groups is 1. The van der Waals surface area contributed by atoms with Crippen LogP contribution in [0.25, 0.3) is 0 Å². The summed E-state index contributed by atoms with van der Waals surface area (Å²) in [7, 11) is 1.51. The number of nitrogens with zero attached hydrogens (tertiary/aromatic N) is 2. The molecule has 7 heteroatoms. The molecule has 2 N–H and O–H groups in total. The van der Waals surface area contributed by atoms with Crippen molar-refractivity contribution >= 4 is 17.7 Å². The van der Waals surface area contributed by atoms with Crippen LogP contribution in [0.5, 0.6) is 0 Å². The van der Waals surface area contributed by atoms with Gasteiger partial charge in [0.15, 0.2) is 0 Å². The van der Waals surface area contributed by atoms with E-state index < -0.39 is 12.1 Å². The minimum atomic E-state index is -1.03. The normalized spacial score (nSPS) is 16.1. The quantitative estimate of drug-likeness (QED) is 0.581. The van der Waals surface area contributed by atoms with Gasteiger partial charge in [0.2, 0.25) is 0 Å². The first-order chi connectivity index (χ1) is 9.52. The van der Waals surface area contributed by atoms with Crippen LogP contribution in [-0.2, 0) is 4.74 Å². The highest BCUT2D eigenvalue weighted by Crippen LogP contribution is 2.39. The first-order valence-electron chi connectivity index (χ1n) is 6.44. The molecule has 20 heavy (non-hydrogen) atoms. The van der Waals surface area contributed by atoms with E-state index in [4.69, 9.17) is 4.74 Å². The van der Waals surface area contributed by atoms with Gasteiger partial charge in [0.05, 0.1) is 18.4 Å². The molecule has 0 radical (unpaired) electrons. The molecule has 0 aromatic carbocycles. The molecule has 0 aliphatic heterocycles. The molecule has 0 bridgehead atoms. The molecule has 0 spiro atoms. The highest BCUT2D eigenvalue weighted by atomic mass is 32.2. The fraction of sp³-hybridized carbons (Fsp3) is 0.615. The lowest BCUT2D eigenvalue weighted by Crippen LogP contribution is -2.17. The third-order valence-electron chi connectivity index (χ3n) is 3.00. The van der Waals surface area contributed by atoms with E-state index in [1.54, 1.807) is 6.92 Å². The molecule has 1 atom stereocenters. The molecule has 2 rings (SSSR count). The summed E-state index contributed by atoms with van der Waals surface area (Å²) in [5, 5.41) is 19.4. The zero-order chi connectivity index (χ0) is 14.7. The number of aliphatic hydroxyl groups excluding tert-OH is 1. The van der Waals surface area contributed by atoms with Gasteiger partial charge in [-0.3, -0.25) is 0 Å². The number of hydrogen-bond acceptors (Lipinski definition) is 6. The number of carbonyl (C=O) groups is 1. The summed E-state index contributed by atoms with van der Waals surface area (Å²) in [6, 6.07) is 0. The van der Waals surface area contributed by atoms with E-state index in [1.807, 2.05) is 0 Å². The highest BCUT2D eigenvalue weighted by molar-refractivity contribution is 7.99. The Morgan fingerprint density at radius 1 is 1.50 bits per heavy atom. The Kier molecular flexibility index (Phi) is 4.95. The van der Waals surface area contributed by atoms with Crippen molar-refractivity contribution in [2.24, 2.45) is 0 Å². The second-order valence-electron chi connectivity index (χ2n) is 4.85. The maximum absolute atomic E-state index is 11.3. The van der Waals surface area contributed by atoms with Gasteiger partial charge in [0, 0.05) is 18.8 Å². The third kappa shape index (κ3) is 3.68. The van der Waals surface area contributed by atoms with Gasteiger partial charge < -0.3 is 14.9 Å². The first-order valence-corrected chi connectivity index (χ1v) is 7.43. The lowest BCUT2D eigenvalue weighted by Gasteiger charge is -2.12. The number of aromatic carboxylic acids is 1. The Morgan fingerprint density at radius 2 is 2.20 bits per heavy atom. The molecular weight excluding hydrogens is 280 g/mol. The maximum Gasteiger partial charge on any atom is 0.340 e. The van der Waals surface area contributed by atoms with Crippen molar-refractivity contribution in [1.29, 1.82) is 0 Å². The molecule has 1 unspecified atom stereocenters. The van der Waals surface area contributed by atoms with E-state index in [2.05, 4.69) is 9.97 Å². The van der Waals surface area contributed by atoms with Gasteiger partial charge in [0.1, 0.15) is 16.4 Å².